The summed E-state index contributed by atoms with van der Waals surface area (Å²) in [5.74, 6) is 0.0167. The second kappa shape index (κ2) is 6.46. The smallest absolute Gasteiger partial charge is 0.214 e. The second-order valence-corrected chi connectivity index (χ2v) is 6.13. The third-order valence-electron chi connectivity index (χ3n) is 2.47. The van der Waals surface area contributed by atoms with Crippen LogP contribution in [0.1, 0.15) is 18.9 Å². The number of hydrogen-bond acceptors (Lipinski definition) is 4. The number of hydrogen-bond donors (Lipinski definition) is 2. The Labute approximate surface area is 107 Å². The molecule has 100 valence electrons. The summed E-state index contributed by atoms with van der Waals surface area (Å²) in [4.78, 5) is 3.95. The van der Waals surface area contributed by atoms with Gasteiger partial charge >= 0.3 is 0 Å². The molecular weight excluding hydrogens is 252 g/mol. The molecule has 0 aliphatic rings. The molecule has 1 aromatic rings. The molecule has 6 nitrogen and oxygen atoms in total. The summed E-state index contributed by atoms with van der Waals surface area (Å²) in [5, 5.41) is 7.17. The largest absolute Gasteiger partial charge is 0.388 e. The molecule has 0 atom stereocenters. The minimum atomic E-state index is -3.30. The first-order chi connectivity index (χ1) is 8.45. The minimum Gasteiger partial charge on any atom is -0.388 e. The van der Waals surface area contributed by atoms with Gasteiger partial charge in [-0.3, -0.25) is 10.4 Å². The fraction of sp³-hybridized carbons (Fsp3) is 0.455. The van der Waals surface area contributed by atoms with Gasteiger partial charge in [-0.2, -0.15) is 4.31 Å². The van der Waals surface area contributed by atoms with Crippen LogP contribution in [0.3, 0.4) is 0 Å². The zero-order valence-electron chi connectivity index (χ0n) is 10.3. The lowest BCUT2D eigenvalue weighted by Crippen LogP contribution is -2.34. The fourth-order valence-corrected chi connectivity index (χ4v) is 2.52. The number of nitrogens with one attached hydrogen (secondary N) is 1. The Morgan fingerprint density at radius 2 is 2.28 bits per heavy atom. The Balaban J connectivity index is 2.81. The summed E-state index contributed by atoms with van der Waals surface area (Å²) in [6.07, 6.45) is 3.50. The minimum absolute atomic E-state index is 0.0162. The molecule has 18 heavy (non-hydrogen) atoms. The lowest BCUT2D eigenvalue weighted by atomic mass is 10.3. The highest BCUT2D eigenvalue weighted by molar-refractivity contribution is 7.89. The van der Waals surface area contributed by atoms with E-state index in [0.29, 0.717) is 0 Å². The van der Waals surface area contributed by atoms with Crippen LogP contribution in [0, 0.1) is 5.41 Å². The van der Waals surface area contributed by atoms with Gasteiger partial charge < -0.3 is 5.73 Å². The van der Waals surface area contributed by atoms with E-state index in [4.69, 9.17) is 11.1 Å². The Hall–Kier alpha value is -1.47. The van der Waals surface area contributed by atoms with Crippen molar-refractivity contribution < 1.29 is 8.42 Å². The topological polar surface area (TPSA) is 100 Å². The normalized spacial score (nSPS) is 11.7. The van der Waals surface area contributed by atoms with E-state index in [-0.39, 0.29) is 31.1 Å². The van der Waals surface area contributed by atoms with Gasteiger partial charge in [0, 0.05) is 31.9 Å². The van der Waals surface area contributed by atoms with Gasteiger partial charge in [0.25, 0.3) is 0 Å². The van der Waals surface area contributed by atoms with Gasteiger partial charge in [-0.25, -0.2) is 8.42 Å². The van der Waals surface area contributed by atoms with E-state index in [9.17, 15) is 8.42 Å². The molecule has 0 fully saturated rings. The zero-order valence-corrected chi connectivity index (χ0v) is 11.2. The summed E-state index contributed by atoms with van der Waals surface area (Å²) in [6, 6.07) is 3.58. The predicted molar refractivity (Wildman–Crippen MR) is 70.6 cm³/mol. The highest BCUT2D eigenvalue weighted by Crippen LogP contribution is 2.09. The molecule has 0 aliphatic carbocycles. The Morgan fingerprint density at radius 3 is 2.78 bits per heavy atom. The van der Waals surface area contributed by atoms with E-state index in [1.54, 1.807) is 25.4 Å². The molecule has 0 aromatic carbocycles. The molecule has 0 saturated carbocycles. The molecule has 1 aromatic heterocycles. The van der Waals surface area contributed by atoms with Crippen molar-refractivity contribution in [2.45, 2.75) is 19.9 Å². The molecule has 0 amide bonds. The number of rotatable bonds is 7. The first-order valence-corrected chi connectivity index (χ1v) is 7.26. The highest BCUT2D eigenvalue weighted by atomic mass is 32.2. The van der Waals surface area contributed by atoms with Crippen molar-refractivity contribution in [1.82, 2.24) is 9.29 Å². The van der Waals surface area contributed by atoms with E-state index in [0.717, 1.165) is 5.56 Å². The number of pyridine rings is 1. The molecule has 0 radical (unpaired) electrons. The van der Waals surface area contributed by atoms with Gasteiger partial charge in [-0.1, -0.05) is 6.07 Å². The standard InChI is InChI=1S/C11H18N4O2S/c1-2-18(16,17)15(7-5-11(12)13)9-10-4-3-6-14-8-10/h3-4,6,8H,2,5,7,9H2,1H3,(H3,12,13). The van der Waals surface area contributed by atoms with Gasteiger partial charge in [0.05, 0.1) is 11.6 Å². The summed E-state index contributed by atoms with van der Waals surface area (Å²) < 4.78 is 25.2. The van der Waals surface area contributed by atoms with Crippen molar-refractivity contribution in [1.29, 1.82) is 5.41 Å². The van der Waals surface area contributed by atoms with Crippen LogP contribution < -0.4 is 5.73 Å². The van der Waals surface area contributed by atoms with Crippen molar-refractivity contribution in [2.75, 3.05) is 12.3 Å². The number of amidine groups is 1. The molecule has 1 heterocycles. The van der Waals surface area contributed by atoms with E-state index < -0.39 is 10.0 Å². The van der Waals surface area contributed by atoms with Gasteiger partial charge in [-0.15, -0.1) is 0 Å². The fourth-order valence-electron chi connectivity index (χ4n) is 1.44. The maximum atomic E-state index is 11.9. The van der Waals surface area contributed by atoms with Crippen molar-refractivity contribution in [3.8, 4) is 0 Å². The molecule has 3 N–H and O–H groups in total. The molecular formula is C11H18N4O2S. The third kappa shape index (κ3) is 4.42. The number of aromatic nitrogens is 1. The van der Waals surface area contributed by atoms with Crippen molar-refractivity contribution in [2.24, 2.45) is 5.73 Å². The second-order valence-electron chi connectivity index (χ2n) is 3.87. The molecule has 0 unspecified atom stereocenters. The van der Waals surface area contributed by atoms with Crippen LogP contribution in [0.25, 0.3) is 0 Å². The van der Waals surface area contributed by atoms with Crippen molar-refractivity contribution in [3.05, 3.63) is 30.1 Å². The lowest BCUT2D eigenvalue weighted by Gasteiger charge is -2.21. The maximum Gasteiger partial charge on any atom is 0.214 e. The van der Waals surface area contributed by atoms with E-state index in [2.05, 4.69) is 4.98 Å². The monoisotopic (exact) mass is 270 g/mol. The molecule has 7 heteroatoms. The quantitative estimate of drug-likeness (QED) is 0.558. The van der Waals surface area contributed by atoms with Crippen molar-refractivity contribution in [3.63, 3.8) is 0 Å². The summed E-state index contributed by atoms with van der Waals surface area (Å²) in [7, 11) is -3.30. The van der Waals surface area contributed by atoms with Crippen LogP contribution in [0.2, 0.25) is 0 Å². The molecule has 0 bridgehead atoms. The van der Waals surface area contributed by atoms with Gasteiger partial charge in [-0.05, 0) is 18.6 Å². The Morgan fingerprint density at radius 1 is 1.56 bits per heavy atom. The average Bonchev–Trinajstić information content (AvgIpc) is 2.35. The van der Waals surface area contributed by atoms with Crippen LogP contribution in [0.5, 0.6) is 0 Å². The van der Waals surface area contributed by atoms with E-state index in [1.807, 2.05) is 6.07 Å². The van der Waals surface area contributed by atoms with Crippen LogP contribution in [-0.2, 0) is 16.6 Å². The first kappa shape index (κ1) is 14.6. The Kier molecular flexibility index (Phi) is 5.24. The SMILES string of the molecule is CCS(=O)(=O)N(CCC(=N)N)Cc1cccnc1. The van der Waals surface area contributed by atoms with Crippen LogP contribution in [0.4, 0.5) is 0 Å². The summed E-state index contributed by atoms with van der Waals surface area (Å²) in [5.41, 5.74) is 6.09. The van der Waals surface area contributed by atoms with Crippen LogP contribution in [0.15, 0.2) is 24.5 Å². The summed E-state index contributed by atoms with van der Waals surface area (Å²) in [6.45, 7) is 2.08. The molecule has 0 saturated heterocycles. The van der Waals surface area contributed by atoms with Crippen LogP contribution >= 0.6 is 0 Å². The maximum absolute atomic E-state index is 11.9. The number of nitrogens with two attached hydrogens (primary N) is 1. The van der Waals surface area contributed by atoms with Gasteiger partial charge in [0.15, 0.2) is 0 Å². The molecule has 1 rings (SSSR count). The van der Waals surface area contributed by atoms with Gasteiger partial charge in [0.2, 0.25) is 10.0 Å². The summed E-state index contributed by atoms with van der Waals surface area (Å²) >= 11 is 0. The predicted octanol–water partition coefficient (Wildman–Crippen LogP) is 0.559. The first-order valence-electron chi connectivity index (χ1n) is 5.65. The van der Waals surface area contributed by atoms with Crippen LogP contribution in [-0.4, -0.2) is 35.8 Å². The average molecular weight is 270 g/mol. The number of nitrogens with zero attached hydrogens (tertiary/aromatic N) is 2. The van der Waals surface area contributed by atoms with Crippen molar-refractivity contribution >= 4 is 15.9 Å². The van der Waals surface area contributed by atoms with E-state index in [1.165, 1.54) is 4.31 Å². The number of sulfonamides is 1. The Bertz CT molecular complexity index is 487. The lowest BCUT2D eigenvalue weighted by molar-refractivity contribution is 0.415. The highest BCUT2D eigenvalue weighted by Gasteiger charge is 2.20. The molecule has 0 aliphatic heterocycles. The van der Waals surface area contributed by atoms with Gasteiger partial charge in [0.1, 0.15) is 0 Å². The zero-order chi connectivity index (χ0) is 13.6. The van der Waals surface area contributed by atoms with E-state index >= 15 is 0 Å². The molecule has 0 spiro atoms. The third-order valence-corrected chi connectivity index (χ3v) is 4.30.